The smallest absolute Gasteiger partial charge is 0.277 e. The van der Waals surface area contributed by atoms with Crippen molar-refractivity contribution in [3.8, 4) is 5.75 Å². The van der Waals surface area contributed by atoms with Gasteiger partial charge in [0, 0.05) is 15.1 Å². The Morgan fingerprint density at radius 1 is 1.27 bits per heavy atom. The molecule has 0 saturated heterocycles. The van der Waals surface area contributed by atoms with Crippen LogP contribution in [0.2, 0.25) is 10.0 Å². The molecular formula is C15H11BrCl2N2O2. The number of nitrogens with one attached hydrogen (secondary N) is 1. The summed E-state index contributed by atoms with van der Waals surface area (Å²) in [5.74, 6) is -0.00896. The monoisotopic (exact) mass is 400 g/mol. The standard InChI is InChI=1S/C15H11BrCl2N2O2/c16-12-4-2-1-3-10(12)8-19-20-15(21)9-22-14-6-5-11(17)7-13(14)18/h1-8H,9H2,(H,20,21). The number of hydrogen-bond acceptors (Lipinski definition) is 3. The summed E-state index contributed by atoms with van der Waals surface area (Å²) < 4.78 is 6.18. The van der Waals surface area contributed by atoms with E-state index in [-0.39, 0.29) is 6.61 Å². The van der Waals surface area contributed by atoms with Gasteiger partial charge < -0.3 is 4.74 Å². The van der Waals surface area contributed by atoms with Gasteiger partial charge in [0.2, 0.25) is 0 Å². The molecular weight excluding hydrogens is 391 g/mol. The molecule has 0 spiro atoms. The maximum absolute atomic E-state index is 11.6. The molecule has 7 heteroatoms. The number of benzene rings is 2. The van der Waals surface area contributed by atoms with E-state index in [0.29, 0.717) is 15.8 Å². The maximum atomic E-state index is 11.6. The van der Waals surface area contributed by atoms with Crippen LogP contribution in [0.1, 0.15) is 5.56 Å². The normalized spacial score (nSPS) is 10.7. The summed E-state index contributed by atoms with van der Waals surface area (Å²) in [7, 11) is 0. The van der Waals surface area contributed by atoms with Gasteiger partial charge in [-0.15, -0.1) is 0 Å². The molecule has 0 atom stereocenters. The molecule has 114 valence electrons. The minimum atomic E-state index is -0.394. The van der Waals surface area contributed by atoms with Crippen LogP contribution in [0.4, 0.5) is 0 Å². The third-order valence-corrected chi connectivity index (χ3v) is 3.80. The molecule has 0 aliphatic heterocycles. The van der Waals surface area contributed by atoms with Gasteiger partial charge in [-0.05, 0) is 24.3 Å². The molecule has 0 aromatic heterocycles. The second-order valence-electron chi connectivity index (χ2n) is 4.18. The topological polar surface area (TPSA) is 50.7 Å². The molecule has 1 N–H and O–H groups in total. The molecule has 0 saturated carbocycles. The van der Waals surface area contributed by atoms with Gasteiger partial charge >= 0.3 is 0 Å². The Morgan fingerprint density at radius 3 is 2.77 bits per heavy atom. The number of ether oxygens (including phenoxy) is 1. The maximum Gasteiger partial charge on any atom is 0.277 e. The molecule has 0 unspecified atom stereocenters. The molecule has 4 nitrogen and oxygen atoms in total. The van der Waals surface area contributed by atoms with Crippen LogP contribution in [0.25, 0.3) is 0 Å². The fraction of sp³-hybridized carbons (Fsp3) is 0.0667. The van der Waals surface area contributed by atoms with E-state index in [9.17, 15) is 4.79 Å². The highest BCUT2D eigenvalue weighted by molar-refractivity contribution is 9.10. The van der Waals surface area contributed by atoms with Crippen molar-refractivity contribution in [1.82, 2.24) is 5.43 Å². The fourth-order valence-corrected chi connectivity index (χ4v) is 2.37. The van der Waals surface area contributed by atoms with E-state index in [4.69, 9.17) is 27.9 Å². The van der Waals surface area contributed by atoms with Gasteiger partial charge in [-0.1, -0.05) is 57.3 Å². The summed E-state index contributed by atoms with van der Waals surface area (Å²) in [4.78, 5) is 11.6. The molecule has 0 fully saturated rings. The first kappa shape index (κ1) is 16.8. The third-order valence-electron chi connectivity index (χ3n) is 2.55. The molecule has 1 amide bonds. The Bertz CT molecular complexity index is 708. The number of amides is 1. The van der Waals surface area contributed by atoms with Crippen LogP contribution in [0, 0.1) is 0 Å². The highest BCUT2D eigenvalue weighted by atomic mass is 79.9. The van der Waals surface area contributed by atoms with Crippen molar-refractivity contribution < 1.29 is 9.53 Å². The summed E-state index contributed by atoms with van der Waals surface area (Å²) in [6.07, 6.45) is 1.54. The molecule has 22 heavy (non-hydrogen) atoms. The van der Waals surface area contributed by atoms with Crippen LogP contribution in [0.3, 0.4) is 0 Å². The zero-order valence-electron chi connectivity index (χ0n) is 11.2. The lowest BCUT2D eigenvalue weighted by atomic mass is 10.2. The molecule has 0 bridgehead atoms. The molecule has 2 rings (SSSR count). The van der Waals surface area contributed by atoms with Crippen molar-refractivity contribution in [2.75, 3.05) is 6.61 Å². The van der Waals surface area contributed by atoms with Gasteiger partial charge in [0.05, 0.1) is 11.2 Å². The molecule has 2 aromatic carbocycles. The Morgan fingerprint density at radius 2 is 2.05 bits per heavy atom. The van der Waals surface area contributed by atoms with E-state index in [1.807, 2.05) is 24.3 Å². The van der Waals surface area contributed by atoms with E-state index in [1.165, 1.54) is 6.21 Å². The molecule has 0 aliphatic rings. The molecule has 0 heterocycles. The van der Waals surface area contributed by atoms with Gasteiger partial charge in [0.1, 0.15) is 5.75 Å². The first-order valence-corrected chi connectivity index (χ1v) is 7.75. The van der Waals surface area contributed by atoms with Gasteiger partial charge in [0.15, 0.2) is 6.61 Å². The number of halogens is 3. The fourth-order valence-electron chi connectivity index (χ4n) is 1.52. The lowest BCUT2D eigenvalue weighted by Gasteiger charge is -2.07. The lowest BCUT2D eigenvalue weighted by Crippen LogP contribution is -2.24. The number of rotatable bonds is 5. The lowest BCUT2D eigenvalue weighted by molar-refractivity contribution is -0.123. The van der Waals surface area contributed by atoms with Crippen LogP contribution in [-0.4, -0.2) is 18.7 Å². The van der Waals surface area contributed by atoms with Gasteiger partial charge in [-0.25, -0.2) is 5.43 Å². The van der Waals surface area contributed by atoms with E-state index < -0.39 is 5.91 Å². The van der Waals surface area contributed by atoms with Gasteiger partial charge in [-0.3, -0.25) is 4.79 Å². The summed E-state index contributed by atoms with van der Waals surface area (Å²) in [5, 5.41) is 4.71. The van der Waals surface area contributed by atoms with Crippen LogP contribution < -0.4 is 10.2 Å². The van der Waals surface area contributed by atoms with Crippen molar-refractivity contribution in [3.05, 3.63) is 62.5 Å². The Labute approximate surface area is 146 Å². The van der Waals surface area contributed by atoms with E-state index in [0.717, 1.165) is 10.0 Å². The predicted molar refractivity (Wildman–Crippen MR) is 91.8 cm³/mol. The van der Waals surface area contributed by atoms with Crippen molar-refractivity contribution in [2.45, 2.75) is 0 Å². The minimum Gasteiger partial charge on any atom is -0.482 e. The van der Waals surface area contributed by atoms with Gasteiger partial charge in [-0.2, -0.15) is 5.10 Å². The SMILES string of the molecule is O=C(COc1ccc(Cl)cc1Cl)NN=Cc1ccccc1Br. The van der Waals surface area contributed by atoms with Crippen LogP contribution >= 0.6 is 39.1 Å². The highest BCUT2D eigenvalue weighted by Crippen LogP contribution is 2.27. The Balaban J connectivity index is 1.84. The molecule has 0 aliphatic carbocycles. The predicted octanol–water partition coefficient (Wildman–Crippen LogP) is 4.29. The van der Waals surface area contributed by atoms with Crippen LogP contribution in [0.15, 0.2) is 52.0 Å². The number of hydrazone groups is 1. The number of hydrogen-bond donors (Lipinski definition) is 1. The second-order valence-corrected chi connectivity index (χ2v) is 5.88. The Hall–Kier alpha value is -1.56. The second kappa shape index (κ2) is 8.17. The van der Waals surface area contributed by atoms with Crippen molar-refractivity contribution in [3.63, 3.8) is 0 Å². The van der Waals surface area contributed by atoms with Gasteiger partial charge in [0.25, 0.3) is 5.91 Å². The van der Waals surface area contributed by atoms with Crippen molar-refractivity contribution >= 4 is 51.3 Å². The van der Waals surface area contributed by atoms with Crippen molar-refractivity contribution in [1.29, 1.82) is 0 Å². The first-order valence-electron chi connectivity index (χ1n) is 6.20. The molecule has 2 aromatic rings. The van der Waals surface area contributed by atoms with Crippen LogP contribution in [0.5, 0.6) is 5.75 Å². The largest absolute Gasteiger partial charge is 0.482 e. The third kappa shape index (κ3) is 5.02. The van der Waals surface area contributed by atoms with E-state index in [2.05, 4.69) is 26.5 Å². The average molecular weight is 402 g/mol. The van der Waals surface area contributed by atoms with Crippen LogP contribution in [-0.2, 0) is 4.79 Å². The highest BCUT2D eigenvalue weighted by Gasteiger charge is 2.05. The summed E-state index contributed by atoms with van der Waals surface area (Å²) in [6, 6.07) is 12.3. The zero-order valence-corrected chi connectivity index (χ0v) is 14.3. The minimum absolute atomic E-state index is 0.200. The zero-order chi connectivity index (χ0) is 15.9. The molecule has 0 radical (unpaired) electrons. The average Bonchev–Trinajstić information content (AvgIpc) is 2.48. The number of carbonyl (C=O) groups excluding carboxylic acids is 1. The summed E-state index contributed by atoms with van der Waals surface area (Å²) >= 11 is 15.1. The number of nitrogens with zero attached hydrogens (tertiary/aromatic N) is 1. The quantitative estimate of drug-likeness (QED) is 0.600. The van der Waals surface area contributed by atoms with E-state index >= 15 is 0 Å². The first-order chi connectivity index (χ1) is 10.6. The number of carbonyl (C=O) groups is 1. The summed E-state index contributed by atoms with van der Waals surface area (Å²) in [5.41, 5.74) is 3.23. The summed E-state index contributed by atoms with van der Waals surface area (Å²) in [6.45, 7) is -0.200. The van der Waals surface area contributed by atoms with Crippen molar-refractivity contribution in [2.24, 2.45) is 5.10 Å². The Kier molecular flexibility index (Phi) is 6.24. The van der Waals surface area contributed by atoms with E-state index in [1.54, 1.807) is 18.2 Å².